The Labute approximate surface area is 178 Å². The van der Waals surface area contributed by atoms with Crippen molar-refractivity contribution in [3.8, 4) is 0 Å². The summed E-state index contributed by atoms with van der Waals surface area (Å²) in [7, 11) is -2.94. The number of hydrogen-bond acceptors (Lipinski definition) is 7. The van der Waals surface area contributed by atoms with E-state index in [9.17, 15) is 13.2 Å². The molecule has 3 saturated heterocycles. The number of anilines is 1. The molecule has 9 nitrogen and oxygen atoms in total. The molecule has 0 saturated carbocycles. The number of amides is 1. The molecule has 3 fully saturated rings. The zero-order valence-electron chi connectivity index (χ0n) is 18.0. The minimum absolute atomic E-state index is 0.0570. The van der Waals surface area contributed by atoms with Crippen LogP contribution in [0.15, 0.2) is 0 Å². The number of ether oxygens (including phenoxy) is 1. The molecule has 2 atom stereocenters. The second-order valence-electron chi connectivity index (χ2n) is 8.72. The van der Waals surface area contributed by atoms with E-state index in [0.717, 1.165) is 62.7 Å². The largest absolute Gasteiger partial charge is 0.376 e. The molecule has 3 aliphatic rings. The van der Waals surface area contributed by atoms with Crippen LogP contribution in [0.2, 0.25) is 0 Å². The van der Waals surface area contributed by atoms with Gasteiger partial charge in [-0.15, -0.1) is 0 Å². The lowest BCUT2D eigenvalue weighted by molar-refractivity contribution is -0.122. The van der Waals surface area contributed by atoms with Crippen molar-refractivity contribution >= 4 is 21.4 Å². The minimum Gasteiger partial charge on any atom is -0.376 e. The number of nitrogens with zero attached hydrogens (tertiary/aromatic N) is 4. The smallest absolute Gasteiger partial charge is 0.234 e. The van der Waals surface area contributed by atoms with Gasteiger partial charge in [0.05, 0.1) is 47.3 Å². The van der Waals surface area contributed by atoms with Gasteiger partial charge in [-0.3, -0.25) is 14.4 Å². The highest BCUT2D eigenvalue weighted by Gasteiger charge is 2.32. The highest BCUT2D eigenvalue weighted by molar-refractivity contribution is 7.91. The van der Waals surface area contributed by atoms with Gasteiger partial charge < -0.3 is 15.0 Å². The fourth-order valence-corrected chi connectivity index (χ4v) is 6.55. The molecule has 168 valence electrons. The van der Waals surface area contributed by atoms with E-state index >= 15 is 0 Å². The standard InChI is InChI=1S/C20H33N5O4S/c1-15-20(16(2)25(22-15)17-5-11-30(27,28)14-17)24-8-6-23(7-9-24)13-19(26)21-12-18-4-3-10-29-18/h17-18H,3-14H2,1-2H3,(H,21,26)/t17-,18+/m1/s1. The second-order valence-corrected chi connectivity index (χ2v) is 11.0. The van der Waals surface area contributed by atoms with Gasteiger partial charge in [-0.2, -0.15) is 5.10 Å². The van der Waals surface area contributed by atoms with E-state index < -0.39 is 9.84 Å². The number of carbonyl (C=O) groups excluding carboxylic acids is 1. The fraction of sp³-hybridized carbons (Fsp3) is 0.800. The van der Waals surface area contributed by atoms with Crippen LogP contribution < -0.4 is 10.2 Å². The first kappa shape index (κ1) is 21.6. The maximum Gasteiger partial charge on any atom is 0.234 e. The Kier molecular flexibility index (Phi) is 6.36. The van der Waals surface area contributed by atoms with Crippen molar-refractivity contribution in [3.05, 3.63) is 11.4 Å². The van der Waals surface area contributed by atoms with E-state index in [-0.39, 0.29) is 29.6 Å². The molecule has 0 radical (unpaired) electrons. The fourth-order valence-electron chi connectivity index (χ4n) is 4.86. The lowest BCUT2D eigenvalue weighted by Crippen LogP contribution is -2.50. The number of sulfone groups is 1. The van der Waals surface area contributed by atoms with Crippen LogP contribution >= 0.6 is 0 Å². The maximum atomic E-state index is 12.2. The number of piperazine rings is 1. The van der Waals surface area contributed by atoms with E-state index in [0.29, 0.717) is 19.5 Å². The van der Waals surface area contributed by atoms with Crippen LogP contribution in [0.3, 0.4) is 0 Å². The van der Waals surface area contributed by atoms with E-state index in [1.807, 2.05) is 18.5 Å². The van der Waals surface area contributed by atoms with Gasteiger partial charge in [0.2, 0.25) is 5.91 Å². The van der Waals surface area contributed by atoms with E-state index in [1.165, 1.54) is 0 Å². The number of hydrogen-bond donors (Lipinski definition) is 1. The summed E-state index contributed by atoms with van der Waals surface area (Å²) >= 11 is 0. The third-order valence-corrected chi connectivity index (χ3v) is 8.20. The number of aromatic nitrogens is 2. The number of nitrogens with one attached hydrogen (secondary N) is 1. The minimum atomic E-state index is -2.94. The molecule has 0 spiro atoms. The zero-order valence-corrected chi connectivity index (χ0v) is 18.8. The summed E-state index contributed by atoms with van der Waals surface area (Å²) in [4.78, 5) is 16.7. The molecular weight excluding hydrogens is 406 g/mol. The van der Waals surface area contributed by atoms with Crippen LogP contribution in [0.1, 0.15) is 36.7 Å². The summed E-state index contributed by atoms with van der Waals surface area (Å²) in [6.45, 7) is 9.13. The Morgan fingerprint density at radius 2 is 1.97 bits per heavy atom. The summed E-state index contributed by atoms with van der Waals surface area (Å²) in [5.41, 5.74) is 3.10. The molecule has 1 N–H and O–H groups in total. The summed E-state index contributed by atoms with van der Waals surface area (Å²) < 4.78 is 31.2. The molecule has 4 rings (SSSR count). The molecule has 3 aliphatic heterocycles. The van der Waals surface area contributed by atoms with Crippen LogP contribution in [-0.2, 0) is 19.4 Å². The van der Waals surface area contributed by atoms with E-state index in [4.69, 9.17) is 4.74 Å². The highest BCUT2D eigenvalue weighted by atomic mass is 32.2. The van der Waals surface area contributed by atoms with Crippen molar-refractivity contribution in [2.45, 2.75) is 45.3 Å². The predicted octanol–water partition coefficient (Wildman–Crippen LogP) is 0.277. The summed E-state index contributed by atoms with van der Waals surface area (Å²) in [6, 6.07) is -0.0590. The molecule has 30 heavy (non-hydrogen) atoms. The summed E-state index contributed by atoms with van der Waals surface area (Å²) in [6.07, 6.45) is 2.91. The molecule has 1 amide bonds. The quantitative estimate of drug-likeness (QED) is 0.680. The normalized spacial score (nSPS) is 26.9. The Balaban J connectivity index is 1.30. The summed E-state index contributed by atoms with van der Waals surface area (Å²) in [5.74, 6) is 0.490. The third kappa shape index (κ3) is 4.81. The topological polar surface area (TPSA) is 96.8 Å². The van der Waals surface area contributed by atoms with E-state index in [1.54, 1.807) is 0 Å². The number of rotatable bonds is 6. The molecule has 0 bridgehead atoms. The lowest BCUT2D eigenvalue weighted by Gasteiger charge is -2.36. The van der Waals surface area contributed by atoms with E-state index in [2.05, 4.69) is 20.2 Å². The molecule has 1 aromatic rings. The molecule has 0 unspecified atom stereocenters. The van der Waals surface area contributed by atoms with Gasteiger partial charge in [-0.1, -0.05) is 0 Å². The maximum absolute atomic E-state index is 12.2. The van der Waals surface area contributed by atoms with Gasteiger partial charge in [0.1, 0.15) is 0 Å². The molecule has 0 aromatic carbocycles. The van der Waals surface area contributed by atoms with Crippen molar-refractivity contribution in [3.63, 3.8) is 0 Å². The van der Waals surface area contributed by atoms with Crippen LogP contribution in [-0.4, -0.2) is 92.5 Å². The zero-order chi connectivity index (χ0) is 21.3. The van der Waals surface area contributed by atoms with Crippen LogP contribution in [0.5, 0.6) is 0 Å². The average Bonchev–Trinajstić information content (AvgIpc) is 3.41. The van der Waals surface area contributed by atoms with Crippen molar-refractivity contribution in [1.82, 2.24) is 20.0 Å². The molecular formula is C20H33N5O4S. The summed E-state index contributed by atoms with van der Waals surface area (Å²) in [5, 5.41) is 7.68. The molecule has 1 aromatic heterocycles. The van der Waals surface area contributed by atoms with Crippen molar-refractivity contribution in [2.24, 2.45) is 0 Å². The van der Waals surface area contributed by atoms with Gasteiger partial charge in [0.15, 0.2) is 9.84 Å². The van der Waals surface area contributed by atoms with Gasteiger partial charge in [0.25, 0.3) is 0 Å². The first-order valence-corrected chi connectivity index (χ1v) is 12.8. The van der Waals surface area contributed by atoms with Crippen molar-refractivity contribution < 1.29 is 17.9 Å². The van der Waals surface area contributed by atoms with Gasteiger partial charge >= 0.3 is 0 Å². The lowest BCUT2D eigenvalue weighted by atomic mass is 10.2. The molecule has 4 heterocycles. The average molecular weight is 440 g/mol. The predicted molar refractivity (Wildman–Crippen MR) is 115 cm³/mol. The Bertz CT molecular complexity index is 870. The van der Waals surface area contributed by atoms with Crippen molar-refractivity contribution in [1.29, 1.82) is 0 Å². The SMILES string of the molecule is Cc1nn([C@@H]2CCS(=O)(=O)C2)c(C)c1N1CCN(CC(=O)NC[C@@H]2CCCO2)CC1. The Hall–Kier alpha value is -1.65. The van der Waals surface area contributed by atoms with Gasteiger partial charge in [0, 0.05) is 39.3 Å². The second kappa shape index (κ2) is 8.84. The molecule has 0 aliphatic carbocycles. The van der Waals surface area contributed by atoms with Crippen molar-refractivity contribution in [2.75, 3.05) is 62.3 Å². The Morgan fingerprint density at radius 1 is 1.20 bits per heavy atom. The highest BCUT2D eigenvalue weighted by Crippen LogP contribution is 2.31. The third-order valence-electron chi connectivity index (χ3n) is 6.45. The van der Waals surface area contributed by atoms with Crippen LogP contribution in [0.4, 0.5) is 5.69 Å². The monoisotopic (exact) mass is 439 g/mol. The molecule has 10 heteroatoms. The number of carbonyl (C=O) groups is 1. The number of aryl methyl sites for hydroxylation is 1. The first-order chi connectivity index (χ1) is 14.3. The van der Waals surface area contributed by atoms with Crippen LogP contribution in [0.25, 0.3) is 0 Å². The van der Waals surface area contributed by atoms with Gasteiger partial charge in [-0.25, -0.2) is 8.42 Å². The van der Waals surface area contributed by atoms with Gasteiger partial charge in [-0.05, 0) is 33.1 Å². The Morgan fingerprint density at radius 3 is 2.60 bits per heavy atom. The first-order valence-electron chi connectivity index (χ1n) is 10.9. The van der Waals surface area contributed by atoms with Crippen LogP contribution in [0, 0.1) is 13.8 Å².